The molecule has 0 aliphatic heterocycles. The Hall–Kier alpha value is -0.120. The maximum atomic E-state index is 6.20. The second kappa shape index (κ2) is 4.87. The third kappa shape index (κ3) is 2.25. The lowest BCUT2D eigenvalue weighted by molar-refractivity contribution is -0.00924. The molecule has 1 unspecified atom stereocenters. The summed E-state index contributed by atoms with van der Waals surface area (Å²) in [6, 6.07) is 0.770. The van der Waals surface area contributed by atoms with Crippen molar-refractivity contribution >= 4 is 0 Å². The SMILES string of the molecule is COCCN(C1CC1)C1(CN)CCCC1(C)C. The van der Waals surface area contributed by atoms with Gasteiger partial charge in [0.2, 0.25) is 0 Å². The third-order valence-electron chi connectivity index (χ3n) is 5.06. The maximum absolute atomic E-state index is 6.20. The molecular weight excluding hydrogens is 212 g/mol. The van der Waals surface area contributed by atoms with Crippen molar-refractivity contribution in [2.75, 3.05) is 26.8 Å². The molecule has 2 aliphatic rings. The van der Waals surface area contributed by atoms with Crippen LogP contribution in [0.25, 0.3) is 0 Å². The fourth-order valence-electron chi connectivity index (χ4n) is 3.74. The number of nitrogens with zero attached hydrogens (tertiary/aromatic N) is 1. The zero-order valence-electron chi connectivity index (χ0n) is 11.7. The molecule has 1 atom stereocenters. The molecule has 17 heavy (non-hydrogen) atoms. The second-order valence-electron chi connectivity index (χ2n) is 6.39. The van der Waals surface area contributed by atoms with Gasteiger partial charge in [0.15, 0.2) is 0 Å². The van der Waals surface area contributed by atoms with Crippen LogP contribution in [0.4, 0.5) is 0 Å². The zero-order chi connectivity index (χ0) is 12.5. The Morgan fingerprint density at radius 3 is 2.41 bits per heavy atom. The Kier molecular flexibility index (Phi) is 3.81. The molecular formula is C14H28N2O. The van der Waals surface area contributed by atoms with E-state index in [0.29, 0.717) is 5.41 Å². The van der Waals surface area contributed by atoms with Crippen molar-refractivity contribution in [3.8, 4) is 0 Å². The Morgan fingerprint density at radius 2 is 2.00 bits per heavy atom. The van der Waals surface area contributed by atoms with E-state index < -0.39 is 0 Å². The van der Waals surface area contributed by atoms with Crippen LogP contribution >= 0.6 is 0 Å². The van der Waals surface area contributed by atoms with E-state index in [1.807, 2.05) is 0 Å². The topological polar surface area (TPSA) is 38.5 Å². The molecule has 100 valence electrons. The molecule has 0 bridgehead atoms. The monoisotopic (exact) mass is 240 g/mol. The molecule has 2 fully saturated rings. The highest BCUT2D eigenvalue weighted by Gasteiger charge is 2.54. The summed E-state index contributed by atoms with van der Waals surface area (Å²) < 4.78 is 5.29. The van der Waals surface area contributed by atoms with Crippen LogP contribution in [0, 0.1) is 5.41 Å². The normalized spacial score (nSPS) is 32.3. The summed E-state index contributed by atoms with van der Waals surface area (Å²) in [5.74, 6) is 0. The van der Waals surface area contributed by atoms with Crippen LogP contribution in [0.3, 0.4) is 0 Å². The van der Waals surface area contributed by atoms with Gasteiger partial charge in [-0.15, -0.1) is 0 Å². The van der Waals surface area contributed by atoms with Gasteiger partial charge in [0.1, 0.15) is 0 Å². The van der Waals surface area contributed by atoms with E-state index in [1.165, 1.54) is 32.1 Å². The lowest BCUT2D eigenvalue weighted by Crippen LogP contribution is -2.61. The van der Waals surface area contributed by atoms with Gasteiger partial charge in [0, 0.05) is 31.8 Å². The van der Waals surface area contributed by atoms with Crippen LogP contribution in [0.1, 0.15) is 46.0 Å². The van der Waals surface area contributed by atoms with E-state index in [2.05, 4.69) is 18.7 Å². The predicted octanol–water partition coefficient (Wildman–Crippen LogP) is 2.00. The molecule has 2 rings (SSSR count). The third-order valence-corrected chi connectivity index (χ3v) is 5.06. The molecule has 3 heteroatoms. The minimum atomic E-state index is 0.215. The van der Waals surface area contributed by atoms with Gasteiger partial charge < -0.3 is 10.5 Å². The molecule has 0 aromatic rings. The van der Waals surface area contributed by atoms with Gasteiger partial charge in [-0.1, -0.05) is 20.3 Å². The summed E-state index contributed by atoms with van der Waals surface area (Å²) in [6.07, 6.45) is 6.58. The highest BCUT2D eigenvalue weighted by molar-refractivity contribution is 5.10. The molecule has 0 aromatic carbocycles. The van der Waals surface area contributed by atoms with Crippen LogP contribution in [-0.4, -0.2) is 43.3 Å². The molecule has 0 heterocycles. The van der Waals surface area contributed by atoms with Crippen molar-refractivity contribution in [3.63, 3.8) is 0 Å². The molecule has 0 radical (unpaired) electrons. The average molecular weight is 240 g/mol. The van der Waals surface area contributed by atoms with Gasteiger partial charge in [-0.25, -0.2) is 0 Å². The van der Waals surface area contributed by atoms with Crippen molar-refractivity contribution in [3.05, 3.63) is 0 Å². The molecule has 2 N–H and O–H groups in total. The number of rotatable bonds is 6. The summed E-state index contributed by atoms with van der Waals surface area (Å²) >= 11 is 0. The van der Waals surface area contributed by atoms with Gasteiger partial charge in [-0.3, -0.25) is 4.90 Å². The first kappa shape index (κ1) is 13.3. The van der Waals surface area contributed by atoms with Gasteiger partial charge >= 0.3 is 0 Å². The fourth-order valence-corrected chi connectivity index (χ4v) is 3.74. The molecule has 0 saturated heterocycles. The van der Waals surface area contributed by atoms with Gasteiger partial charge in [0.25, 0.3) is 0 Å². The summed E-state index contributed by atoms with van der Waals surface area (Å²) in [6.45, 7) is 7.46. The quantitative estimate of drug-likeness (QED) is 0.772. The predicted molar refractivity (Wildman–Crippen MR) is 71.0 cm³/mol. The van der Waals surface area contributed by atoms with Crippen molar-refractivity contribution in [2.24, 2.45) is 11.1 Å². The number of nitrogens with two attached hydrogens (primary N) is 1. The van der Waals surface area contributed by atoms with E-state index in [0.717, 1.165) is 25.7 Å². The fraction of sp³-hybridized carbons (Fsp3) is 1.00. The Morgan fingerprint density at radius 1 is 1.29 bits per heavy atom. The lowest BCUT2D eigenvalue weighted by atomic mass is 9.73. The first-order valence-corrected chi connectivity index (χ1v) is 7.03. The molecule has 0 amide bonds. The summed E-state index contributed by atoms with van der Waals surface area (Å²) in [4.78, 5) is 2.68. The summed E-state index contributed by atoms with van der Waals surface area (Å²) in [5.41, 5.74) is 6.76. The van der Waals surface area contributed by atoms with Crippen molar-refractivity contribution in [2.45, 2.75) is 57.5 Å². The molecule has 3 nitrogen and oxygen atoms in total. The number of hydrogen-bond acceptors (Lipinski definition) is 3. The molecule has 2 aliphatic carbocycles. The second-order valence-corrected chi connectivity index (χ2v) is 6.39. The molecule has 0 aromatic heterocycles. The number of ether oxygens (including phenoxy) is 1. The van der Waals surface area contributed by atoms with Gasteiger partial charge in [-0.05, 0) is 31.1 Å². The smallest absolute Gasteiger partial charge is 0.0590 e. The zero-order valence-corrected chi connectivity index (χ0v) is 11.7. The average Bonchev–Trinajstić information content (AvgIpc) is 3.06. The summed E-state index contributed by atoms with van der Waals surface area (Å²) in [7, 11) is 1.79. The Balaban J connectivity index is 2.18. The first-order valence-electron chi connectivity index (χ1n) is 7.03. The highest BCUT2D eigenvalue weighted by atomic mass is 16.5. The van der Waals surface area contributed by atoms with Crippen LogP contribution in [0.5, 0.6) is 0 Å². The largest absolute Gasteiger partial charge is 0.383 e. The number of hydrogen-bond donors (Lipinski definition) is 1. The van der Waals surface area contributed by atoms with Crippen LogP contribution in [0.15, 0.2) is 0 Å². The highest BCUT2D eigenvalue weighted by Crippen LogP contribution is 2.51. The standard InChI is InChI=1S/C14H28N2O/c1-13(2)7-4-8-14(13,11-15)16(9-10-17-3)12-5-6-12/h12H,4-11,15H2,1-3H3. The van der Waals surface area contributed by atoms with Gasteiger partial charge in [0.05, 0.1) is 6.61 Å². The minimum Gasteiger partial charge on any atom is -0.383 e. The Bertz CT molecular complexity index is 263. The first-order chi connectivity index (χ1) is 8.07. The van der Waals surface area contributed by atoms with Gasteiger partial charge in [-0.2, -0.15) is 0 Å². The van der Waals surface area contributed by atoms with Crippen LogP contribution in [-0.2, 0) is 4.74 Å². The van der Waals surface area contributed by atoms with E-state index in [9.17, 15) is 0 Å². The van der Waals surface area contributed by atoms with E-state index in [1.54, 1.807) is 7.11 Å². The number of methoxy groups -OCH3 is 1. The van der Waals surface area contributed by atoms with Crippen LogP contribution < -0.4 is 5.73 Å². The van der Waals surface area contributed by atoms with Crippen molar-refractivity contribution < 1.29 is 4.74 Å². The minimum absolute atomic E-state index is 0.215. The van der Waals surface area contributed by atoms with Crippen molar-refractivity contribution in [1.82, 2.24) is 4.90 Å². The maximum Gasteiger partial charge on any atom is 0.0590 e. The van der Waals surface area contributed by atoms with E-state index >= 15 is 0 Å². The molecule has 0 spiro atoms. The van der Waals surface area contributed by atoms with E-state index in [-0.39, 0.29) is 5.54 Å². The molecule has 2 saturated carbocycles. The lowest BCUT2D eigenvalue weighted by Gasteiger charge is -2.50. The Labute approximate surface area is 106 Å². The van der Waals surface area contributed by atoms with E-state index in [4.69, 9.17) is 10.5 Å². The van der Waals surface area contributed by atoms with Crippen molar-refractivity contribution in [1.29, 1.82) is 0 Å². The van der Waals surface area contributed by atoms with Crippen LogP contribution in [0.2, 0.25) is 0 Å². The summed E-state index contributed by atoms with van der Waals surface area (Å²) in [5, 5.41) is 0.